The topological polar surface area (TPSA) is 72.3 Å². The third-order valence-electron chi connectivity index (χ3n) is 3.28. The summed E-state index contributed by atoms with van der Waals surface area (Å²) in [5.74, 6) is -0.361. The zero-order valence-corrected chi connectivity index (χ0v) is 12.0. The number of nitrogens with zero attached hydrogens (tertiary/aromatic N) is 2. The first kappa shape index (κ1) is 14.0. The fourth-order valence-electron chi connectivity index (χ4n) is 2.30. The number of pyridine rings is 2. The highest BCUT2D eigenvalue weighted by atomic mass is 16.5. The molecule has 22 heavy (non-hydrogen) atoms. The van der Waals surface area contributed by atoms with Gasteiger partial charge in [0.25, 0.3) is 0 Å². The van der Waals surface area contributed by atoms with Crippen molar-refractivity contribution in [3.8, 4) is 17.0 Å². The molecule has 1 aromatic carbocycles. The molecular formula is C17H14N2O3. The van der Waals surface area contributed by atoms with Gasteiger partial charge in [-0.15, -0.1) is 0 Å². The minimum absolute atomic E-state index is 0.199. The van der Waals surface area contributed by atoms with Gasteiger partial charge in [-0.25, -0.2) is 9.78 Å². The Labute approximate surface area is 127 Å². The number of ether oxygens (including phenoxy) is 1. The molecule has 2 heterocycles. The van der Waals surface area contributed by atoms with Gasteiger partial charge >= 0.3 is 5.97 Å². The van der Waals surface area contributed by atoms with Gasteiger partial charge in [-0.3, -0.25) is 4.98 Å². The van der Waals surface area contributed by atoms with Crippen molar-refractivity contribution in [1.82, 2.24) is 9.97 Å². The predicted molar refractivity (Wildman–Crippen MR) is 83.1 cm³/mol. The second-order valence-corrected chi connectivity index (χ2v) is 4.71. The lowest BCUT2D eigenvalue weighted by Gasteiger charge is -2.09. The first-order valence-electron chi connectivity index (χ1n) is 6.90. The normalized spacial score (nSPS) is 10.6. The minimum atomic E-state index is -0.994. The van der Waals surface area contributed by atoms with Crippen LogP contribution in [-0.4, -0.2) is 27.7 Å². The molecule has 5 nitrogen and oxygen atoms in total. The van der Waals surface area contributed by atoms with E-state index in [1.807, 2.05) is 13.0 Å². The van der Waals surface area contributed by atoms with Crippen LogP contribution in [0.2, 0.25) is 0 Å². The van der Waals surface area contributed by atoms with Gasteiger partial charge in [0.2, 0.25) is 0 Å². The molecule has 0 unspecified atom stereocenters. The average molecular weight is 294 g/mol. The van der Waals surface area contributed by atoms with Crippen LogP contribution in [0.25, 0.3) is 22.2 Å². The number of aromatic carboxylic acids is 1. The molecule has 0 fully saturated rings. The summed E-state index contributed by atoms with van der Waals surface area (Å²) < 4.78 is 5.43. The van der Waals surface area contributed by atoms with Crippen molar-refractivity contribution in [2.75, 3.05) is 6.61 Å². The van der Waals surface area contributed by atoms with Gasteiger partial charge in [-0.05, 0) is 43.3 Å². The molecule has 3 rings (SSSR count). The van der Waals surface area contributed by atoms with E-state index in [1.54, 1.807) is 42.7 Å². The zero-order valence-electron chi connectivity index (χ0n) is 12.0. The standard InChI is InChI=1S/C17H14N2O3/c1-2-22-12-5-6-15-13(8-12)14(17(20)21)9-16(19-15)11-4-3-7-18-10-11/h3-10H,2H2,1H3,(H,20,21). The van der Waals surface area contributed by atoms with E-state index in [-0.39, 0.29) is 5.56 Å². The van der Waals surface area contributed by atoms with Gasteiger partial charge in [0, 0.05) is 23.3 Å². The van der Waals surface area contributed by atoms with Crippen LogP contribution in [0.1, 0.15) is 17.3 Å². The van der Waals surface area contributed by atoms with Crippen molar-refractivity contribution >= 4 is 16.9 Å². The Morgan fingerprint density at radius 2 is 2.14 bits per heavy atom. The Morgan fingerprint density at radius 3 is 2.82 bits per heavy atom. The molecule has 0 radical (unpaired) electrons. The number of carboxylic acids is 1. The summed E-state index contributed by atoms with van der Waals surface area (Å²) in [5.41, 5.74) is 2.18. The molecule has 0 saturated carbocycles. The molecule has 0 aliphatic rings. The van der Waals surface area contributed by atoms with Crippen LogP contribution in [0.4, 0.5) is 0 Å². The summed E-state index contributed by atoms with van der Waals surface area (Å²) in [7, 11) is 0. The van der Waals surface area contributed by atoms with Gasteiger partial charge in [0.15, 0.2) is 0 Å². The Morgan fingerprint density at radius 1 is 1.27 bits per heavy atom. The van der Waals surface area contributed by atoms with E-state index in [9.17, 15) is 9.90 Å². The van der Waals surface area contributed by atoms with Gasteiger partial charge in [-0.1, -0.05) is 0 Å². The third-order valence-corrected chi connectivity index (χ3v) is 3.28. The monoisotopic (exact) mass is 294 g/mol. The number of hydrogen-bond donors (Lipinski definition) is 1. The van der Waals surface area contributed by atoms with Crippen molar-refractivity contribution in [2.45, 2.75) is 6.92 Å². The number of fused-ring (bicyclic) bond motifs is 1. The van der Waals surface area contributed by atoms with E-state index in [4.69, 9.17) is 4.74 Å². The van der Waals surface area contributed by atoms with E-state index in [0.29, 0.717) is 29.0 Å². The van der Waals surface area contributed by atoms with Crippen molar-refractivity contribution in [2.24, 2.45) is 0 Å². The Kier molecular flexibility index (Phi) is 3.70. The quantitative estimate of drug-likeness (QED) is 0.798. The van der Waals surface area contributed by atoms with Crippen molar-refractivity contribution in [1.29, 1.82) is 0 Å². The van der Waals surface area contributed by atoms with Crippen molar-refractivity contribution in [3.63, 3.8) is 0 Å². The van der Waals surface area contributed by atoms with Crippen molar-refractivity contribution in [3.05, 3.63) is 54.4 Å². The largest absolute Gasteiger partial charge is 0.494 e. The number of carboxylic acid groups (broad SMARTS) is 1. The van der Waals surface area contributed by atoms with Gasteiger partial charge in [-0.2, -0.15) is 0 Å². The molecule has 1 N–H and O–H groups in total. The molecule has 0 bridgehead atoms. The smallest absolute Gasteiger partial charge is 0.336 e. The maximum Gasteiger partial charge on any atom is 0.336 e. The number of aromatic nitrogens is 2. The van der Waals surface area contributed by atoms with Crippen LogP contribution in [0.5, 0.6) is 5.75 Å². The highest BCUT2D eigenvalue weighted by Gasteiger charge is 2.14. The lowest BCUT2D eigenvalue weighted by molar-refractivity contribution is 0.0699. The molecule has 0 aliphatic carbocycles. The summed E-state index contributed by atoms with van der Waals surface area (Å²) in [6.45, 7) is 2.40. The lowest BCUT2D eigenvalue weighted by atomic mass is 10.0. The van der Waals surface area contributed by atoms with E-state index in [2.05, 4.69) is 9.97 Å². The van der Waals surface area contributed by atoms with E-state index >= 15 is 0 Å². The molecule has 0 atom stereocenters. The van der Waals surface area contributed by atoms with Crippen LogP contribution in [0.15, 0.2) is 48.8 Å². The number of hydrogen-bond acceptors (Lipinski definition) is 4. The van der Waals surface area contributed by atoms with E-state index in [1.165, 1.54) is 0 Å². The molecule has 0 saturated heterocycles. The third kappa shape index (κ3) is 2.61. The molecule has 0 aliphatic heterocycles. The fraction of sp³-hybridized carbons (Fsp3) is 0.118. The number of carbonyl (C=O) groups is 1. The summed E-state index contributed by atoms with van der Waals surface area (Å²) in [4.78, 5) is 20.2. The molecule has 3 aromatic rings. The second kappa shape index (κ2) is 5.81. The highest BCUT2D eigenvalue weighted by Crippen LogP contribution is 2.27. The molecule has 0 amide bonds. The summed E-state index contributed by atoms with van der Waals surface area (Å²) >= 11 is 0. The number of benzene rings is 1. The van der Waals surface area contributed by atoms with Gasteiger partial charge in [0.1, 0.15) is 5.75 Å². The summed E-state index contributed by atoms with van der Waals surface area (Å²) in [5, 5.41) is 10.1. The predicted octanol–water partition coefficient (Wildman–Crippen LogP) is 3.39. The number of rotatable bonds is 4. The molecule has 2 aromatic heterocycles. The highest BCUT2D eigenvalue weighted by molar-refractivity contribution is 6.04. The first-order chi connectivity index (χ1) is 10.7. The summed E-state index contributed by atoms with van der Waals surface area (Å²) in [6, 6.07) is 10.5. The van der Waals surface area contributed by atoms with Gasteiger partial charge in [0.05, 0.1) is 23.4 Å². The Bertz CT molecular complexity index is 832. The lowest BCUT2D eigenvalue weighted by Crippen LogP contribution is -2.01. The maximum absolute atomic E-state index is 11.6. The molecule has 0 spiro atoms. The first-order valence-corrected chi connectivity index (χ1v) is 6.90. The van der Waals surface area contributed by atoms with E-state index in [0.717, 1.165) is 5.56 Å². The Hall–Kier alpha value is -2.95. The van der Waals surface area contributed by atoms with Crippen LogP contribution < -0.4 is 4.74 Å². The second-order valence-electron chi connectivity index (χ2n) is 4.71. The van der Waals surface area contributed by atoms with Crippen LogP contribution in [0, 0.1) is 0 Å². The molecule has 110 valence electrons. The zero-order chi connectivity index (χ0) is 15.5. The maximum atomic E-state index is 11.6. The van der Waals surface area contributed by atoms with Crippen LogP contribution in [0.3, 0.4) is 0 Å². The molecular weight excluding hydrogens is 280 g/mol. The SMILES string of the molecule is CCOc1ccc2nc(-c3cccnc3)cc(C(=O)O)c2c1. The minimum Gasteiger partial charge on any atom is -0.494 e. The van der Waals surface area contributed by atoms with Crippen LogP contribution >= 0.6 is 0 Å². The van der Waals surface area contributed by atoms with Gasteiger partial charge < -0.3 is 9.84 Å². The van der Waals surface area contributed by atoms with Crippen molar-refractivity contribution < 1.29 is 14.6 Å². The van der Waals surface area contributed by atoms with E-state index < -0.39 is 5.97 Å². The Balaban J connectivity index is 2.23. The molecule has 5 heteroatoms. The fourth-order valence-corrected chi connectivity index (χ4v) is 2.30. The average Bonchev–Trinajstić information content (AvgIpc) is 2.55. The summed E-state index contributed by atoms with van der Waals surface area (Å²) in [6.07, 6.45) is 3.32. The van der Waals surface area contributed by atoms with Crippen LogP contribution in [-0.2, 0) is 0 Å².